The molecule has 10 heteroatoms. The fourth-order valence-electron chi connectivity index (χ4n) is 5.22. The van der Waals surface area contributed by atoms with Gasteiger partial charge in [-0.1, -0.05) is 17.3 Å². The van der Waals surface area contributed by atoms with Gasteiger partial charge in [-0.2, -0.15) is 4.31 Å². The van der Waals surface area contributed by atoms with Gasteiger partial charge in [0, 0.05) is 36.3 Å². The Morgan fingerprint density at radius 1 is 1.11 bits per heavy atom. The van der Waals surface area contributed by atoms with Crippen LogP contribution in [0.3, 0.4) is 0 Å². The topological polar surface area (TPSA) is 92.5 Å². The van der Waals surface area contributed by atoms with Gasteiger partial charge in [-0.15, -0.1) is 0 Å². The first kappa shape index (κ1) is 26.2. The van der Waals surface area contributed by atoms with E-state index in [0.717, 1.165) is 43.5 Å². The number of halogens is 2. The largest absolute Gasteiger partial charge is 0.355 e. The monoisotopic (exact) mass is 541 g/mol. The van der Waals surface area contributed by atoms with E-state index in [1.54, 1.807) is 0 Å². The quantitative estimate of drug-likeness (QED) is 0.454. The molecule has 200 valence electrons. The average Bonchev–Trinajstić information content (AvgIpc) is 3.29. The third-order valence-corrected chi connectivity index (χ3v) is 9.34. The highest BCUT2D eigenvalue weighted by Crippen LogP contribution is 2.31. The predicted molar refractivity (Wildman–Crippen MR) is 140 cm³/mol. The molecule has 2 aromatic carbocycles. The van der Waals surface area contributed by atoms with Gasteiger partial charge < -0.3 is 9.84 Å². The zero-order chi connectivity index (χ0) is 26.9. The van der Waals surface area contributed by atoms with Crippen LogP contribution in [0.1, 0.15) is 53.8 Å². The summed E-state index contributed by atoms with van der Waals surface area (Å²) in [5, 5.41) is 6.89. The molecule has 5 rings (SSSR count). The van der Waals surface area contributed by atoms with E-state index < -0.39 is 21.7 Å². The smallest absolute Gasteiger partial charge is 0.248 e. The maximum atomic E-state index is 14.0. The van der Waals surface area contributed by atoms with E-state index in [2.05, 4.69) is 16.5 Å². The molecule has 0 radical (unpaired) electrons. The van der Waals surface area contributed by atoms with Gasteiger partial charge in [-0.3, -0.25) is 4.79 Å². The molecule has 1 aromatic heterocycles. The van der Waals surface area contributed by atoms with Crippen LogP contribution in [0.2, 0.25) is 0 Å². The summed E-state index contributed by atoms with van der Waals surface area (Å²) in [5.41, 5.74) is 3.60. The van der Waals surface area contributed by atoms with Crippen molar-refractivity contribution in [2.45, 2.75) is 50.3 Å². The van der Waals surface area contributed by atoms with E-state index in [9.17, 15) is 22.0 Å². The lowest BCUT2D eigenvalue weighted by Crippen LogP contribution is -2.41. The SMILES string of the molecule is Cc1noc(C=Cc2ccc(F)cc2F)c1S(=O)(=O)N1CCC(C(=O)Nc2cccc3c2CCCC3)CC1. The molecule has 0 bridgehead atoms. The summed E-state index contributed by atoms with van der Waals surface area (Å²) in [7, 11) is -3.98. The van der Waals surface area contributed by atoms with Gasteiger partial charge in [-0.25, -0.2) is 17.2 Å². The van der Waals surface area contributed by atoms with Crippen LogP contribution in [0, 0.1) is 24.5 Å². The molecule has 1 aliphatic carbocycles. The summed E-state index contributed by atoms with van der Waals surface area (Å²) in [4.78, 5) is 12.9. The number of carbonyl (C=O) groups is 1. The van der Waals surface area contributed by atoms with Gasteiger partial charge in [0.05, 0.1) is 0 Å². The fourth-order valence-corrected chi connectivity index (χ4v) is 6.94. The number of benzene rings is 2. The molecule has 1 aliphatic heterocycles. The van der Waals surface area contributed by atoms with Crippen molar-refractivity contribution in [2.24, 2.45) is 5.92 Å². The van der Waals surface area contributed by atoms with Gasteiger partial charge in [0.25, 0.3) is 0 Å². The van der Waals surface area contributed by atoms with Crippen molar-refractivity contribution >= 4 is 33.8 Å². The summed E-state index contributed by atoms with van der Waals surface area (Å²) in [6.07, 6.45) is 7.63. The number of nitrogens with one attached hydrogen (secondary N) is 1. The van der Waals surface area contributed by atoms with Crippen LogP contribution in [-0.4, -0.2) is 36.9 Å². The number of hydrogen-bond donors (Lipinski definition) is 1. The van der Waals surface area contributed by atoms with Crippen LogP contribution in [0.5, 0.6) is 0 Å². The van der Waals surface area contributed by atoms with E-state index in [-0.39, 0.29) is 46.8 Å². The Morgan fingerprint density at radius 3 is 2.63 bits per heavy atom. The fraction of sp³-hybridized carbons (Fsp3) is 0.357. The predicted octanol–water partition coefficient (Wildman–Crippen LogP) is 5.35. The second-order valence-electron chi connectivity index (χ2n) is 9.78. The number of carbonyl (C=O) groups excluding carboxylic acids is 1. The van der Waals surface area contributed by atoms with Crippen molar-refractivity contribution in [3.63, 3.8) is 0 Å². The lowest BCUT2D eigenvalue weighted by Gasteiger charge is -2.30. The standard InChI is InChI=1S/C28H29F2N3O4S/c1-18-27(26(37-32-18)12-10-20-9-11-22(29)17-24(20)30)38(35,36)33-15-13-21(14-16-33)28(34)31-25-8-4-6-19-5-2-3-7-23(19)25/h4,6,8-12,17,21H,2-3,5,7,13-16H2,1H3,(H,31,34). The van der Waals surface area contributed by atoms with E-state index >= 15 is 0 Å². The van der Waals surface area contributed by atoms with Crippen molar-refractivity contribution in [3.8, 4) is 0 Å². The summed E-state index contributed by atoms with van der Waals surface area (Å²) >= 11 is 0. The number of aryl methyl sites for hydroxylation is 2. The minimum Gasteiger partial charge on any atom is -0.355 e. The van der Waals surface area contributed by atoms with Crippen molar-refractivity contribution in [1.82, 2.24) is 9.46 Å². The minimum absolute atomic E-state index is 0.0417. The summed E-state index contributed by atoms with van der Waals surface area (Å²) in [6, 6.07) is 9.12. The van der Waals surface area contributed by atoms with Crippen molar-refractivity contribution in [1.29, 1.82) is 0 Å². The number of piperidine rings is 1. The van der Waals surface area contributed by atoms with Gasteiger partial charge in [0.1, 0.15) is 17.3 Å². The molecule has 0 atom stereocenters. The Kier molecular flexibility index (Phi) is 7.45. The molecule has 3 aromatic rings. The zero-order valence-electron chi connectivity index (χ0n) is 21.0. The number of hydrogen-bond acceptors (Lipinski definition) is 5. The average molecular weight is 542 g/mol. The molecule has 38 heavy (non-hydrogen) atoms. The van der Waals surface area contributed by atoms with Crippen molar-refractivity contribution in [2.75, 3.05) is 18.4 Å². The third-order valence-electron chi connectivity index (χ3n) is 7.29. The first-order valence-electron chi connectivity index (χ1n) is 12.7. The molecule has 1 saturated heterocycles. The van der Waals surface area contributed by atoms with E-state index in [0.29, 0.717) is 12.8 Å². The van der Waals surface area contributed by atoms with Crippen molar-refractivity contribution in [3.05, 3.63) is 76.2 Å². The van der Waals surface area contributed by atoms with Gasteiger partial charge in [0.2, 0.25) is 15.9 Å². The first-order valence-corrected chi connectivity index (χ1v) is 14.2. The van der Waals surface area contributed by atoms with Crippen LogP contribution >= 0.6 is 0 Å². The van der Waals surface area contributed by atoms with Gasteiger partial charge >= 0.3 is 0 Å². The molecular weight excluding hydrogens is 512 g/mol. The second kappa shape index (κ2) is 10.8. The maximum absolute atomic E-state index is 14.0. The molecule has 7 nitrogen and oxygen atoms in total. The second-order valence-corrected chi connectivity index (χ2v) is 11.7. The summed E-state index contributed by atoms with van der Waals surface area (Å²) in [6.45, 7) is 1.87. The Morgan fingerprint density at radius 2 is 1.87 bits per heavy atom. The molecule has 2 aliphatic rings. The minimum atomic E-state index is -3.98. The number of fused-ring (bicyclic) bond motifs is 1. The summed E-state index contributed by atoms with van der Waals surface area (Å²) < 4.78 is 60.8. The molecule has 2 heterocycles. The molecule has 1 fully saturated rings. The normalized spacial score (nSPS) is 17.0. The van der Waals surface area contributed by atoms with Crippen LogP contribution in [0.15, 0.2) is 45.8 Å². The van der Waals surface area contributed by atoms with E-state index in [1.807, 2.05) is 12.1 Å². The van der Waals surface area contributed by atoms with Crippen LogP contribution in [0.4, 0.5) is 14.5 Å². The first-order chi connectivity index (χ1) is 18.2. The summed E-state index contributed by atoms with van der Waals surface area (Å²) in [5.74, 6) is -1.92. The lowest BCUT2D eigenvalue weighted by molar-refractivity contribution is -0.120. The molecule has 0 saturated carbocycles. The Bertz CT molecular complexity index is 1490. The molecular formula is C28H29F2N3O4S. The van der Waals surface area contributed by atoms with Crippen LogP contribution in [-0.2, 0) is 27.7 Å². The number of anilines is 1. The van der Waals surface area contributed by atoms with E-state index in [4.69, 9.17) is 4.52 Å². The number of aromatic nitrogens is 1. The molecule has 0 unspecified atom stereocenters. The Balaban J connectivity index is 1.27. The zero-order valence-corrected chi connectivity index (χ0v) is 21.9. The van der Waals surface area contributed by atoms with Gasteiger partial charge in [0.15, 0.2) is 10.7 Å². The lowest BCUT2D eigenvalue weighted by atomic mass is 9.90. The number of nitrogens with zero attached hydrogens (tertiary/aromatic N) is 2. The molecule has 1 N–H and O–H groups in total. The van der Waals surface area contributed by atoms with E-state index in [1.165, 1.54) is 40.6 Å². The number of rotatable bonds is 6. The maximum Gasteiger partial charge on any atom is 0.248 e. The van der Waals surface area contributed by atoms with Crippen LogP contribution < -0.4 is 5.32 Å². The molecule has 0 spiro atoms. The number of amides is 1. The highest BCUT2D eigenvalue weighted by atomic mass is 32.2. The Hall–Kier alpha value is -3.37. The van der Waals surface area contributed by atoms with Crippen molar-refractivity contribution < 1.29 is 26.5 Å². The van der Waals surface area contributed by atoms with Gasteiger partial charge in [-0.05, 0) is 86.9 Å². The Labute approximate surface area is 220 Å². The highest BCUT2D eigenvalue weighted by Gasteiger charge is 2.36. The third kappa shape index (κ3) is 5.28. The molecule has 1 amide bonds. The van der Waals surface area contributed by atoms with Crippen LogP contribution in [0.25, 0.3) is 12.2 Å². The number of sulfonamides is 1. The highest BCUT2D eigenvalue weighted by molar-refractivity contribution is 7.89.